The molecule has 23 heavy (non-hydrogen) atoms. The zero-order valence-corrected chi connectivity index (χ0v) is 12.5. The van der Waals surface area contributed by atoms with Gasteiger partial charge in [-0.15, -0.1) is 0 Å². The number of hydrogen-bond acceptors (Lipinski definition) is 3. The molecule has 0 radical (unpaired) electrons. The molecular weight excluding hydrogens is 288 g/mol. The molecule has 3 aromatic rings. The van der Waals surface area contributed by atoms with Crippen LogP contribution in [-0.4, -0.2) is 26.7 Å². The molecule has 0 bridgehead atoms. The van der Waals surface area contributed by atoms with Crippen molar-refractivity contribution in [3.8, 4) is 16.9 Å². The molecule has 0 atom stereocenters. The largest absolute Gasteiger partial charge is 0.348 e. The summed E-state index contributed by atoms with van der Waals surface area (Å²) in [6, 6.07) is 15.8. The first-order valence-corrected chi connectivity index (χ1v) is 7.68. The van der Waals surface area contributed by atoms with Crippen molar-refractivity contribution in [2.24, 2.45) is 0 Å². The van der Waals surface area contributed by atoms with E-state index in [0.717, 1.165) is 29.8 Å². The van der Waals surface area contributed by atoms with E-state index in [9.17, 15) is 4.79 Å². The summed E-state index contributed by atoms with van der Waals surface area (Å²) in [7, 11) is 0. The Bertz CT molecular complexity index is 766. The van der Waals surface area contributed by atoms with Gasteiger partial charge in [-0.2, -0.15) is 5.10 Å². The number of carbonyl (C=O) groups excluding carboxylic acids is 1. The van der Waals surface area contributed by atoms with Gasteiger partial charge in [0.25, 0.3) is 5.91 Å². The number of nitrogens with zero attached hydrogens (tertiary/aromatic N) is 3. The molecule has 0 saturated heterocycles. The predicted octanol–water partition coefficient (Wildman–Crippen LogP) is 2.83. The van der Waals surface area contributed by atoms with Gasteiger partial charge in [-0.1, -0.05) is 18.2 Å². The Kier molecular flexibility index (Phi) is 3.38. The number of nitrogens with one attached hydrogen (secondary N) is 1. The highest BCUT2D eigenvalue weighted by molar-refractivity contribution is 5.94. The molecule has 2 aromatic heterocycles. The van der Waals surface area contributed by atoms with Gasteiger partial charge in [0.15, 0.2) is 5.69 Å². The number of hydrogen-bond donors (Lipinski definition) is 1. The van der Waals surface area contributed by atoms with Crippen molar-refractivity contribution < 1.29 is 4.79 Å². The molecular formula is C18H16N4O. The van der Waals surface area contributed by atoms with Crippen LogP contribution in [0.15, 0.2) is 60.9 Å². The van der Waals surface area contributed by atoms with Crippen LogP contribution < -0.4 is 5.32 Å². The minimum absolute atomic E-state index is 0.113. The quantitative estimate of drug-likeness (QED) is 0.806. The third kappa shape index (κ3) is 2.85. The van der Waals surface area contributed by atoms with Crippen molar-refractivity contribution in [2.45, 2.75) is 18.9 Å². The first kappa shape index (κ1) is 13.7. The SMILES string of the molecule is O=C(NC1CC1)c1cc(-c2ccncc2)n(-c2ccccc2)n1. The van der Waals surface area contributed by atoms with E-state index in [1.807, 2.05) is 48.5 Å². The number of rotatable bonds is 4. The number of para-hydroxylation sites is 1. The molecule has 0 unspecified atom stereocenters. The Balaban J connectivity index is 1.79. The van der Waals surface area contributed by atoms with Crippen molar-refractivity contribution in [1.82, 2.24) is 20.1 Å². The molecule has 2 heterocycles. The van der Waals surface area contributed by atoms with Crippen molar-refractivity contribution >= 4 is 5.91 Å². The van der Waals surface area contributed by atoms with Gasteiger partial charge in [-0.05, 0) is 43.2 Å². The Labute approximate surface area is 134 Å². The van der Waals surface area contributed by atoms with E-state index in [4.69, 9.17) is 0 Å². The van der Waals surface area contributed by atoms with E-state index in [2.05, 4.69) is 15.4 Å². The van der Waals surface area contributed by atoms with Crippen molar-refractivity contribution in [2.75, 3.05) is 0 Å². The zero-order chi connectivity index (χ0) is 15.6. The van der Waals surface area contributed by atoms with E-state index in [0.29, 0.717) is 11.7 Å². The second kappa shape index (κ2) is 5.68. The summed E-state index contributed by atoms with van der Waals surface area (Å²) in [5.41, 5.74) is 3.21. The molecule has 1 aliphatic rings. The van der Waals surface area contributed by atoms with Crippen LogP contribution in [0.25, 0.3) is 16.9 Å². The molecule has 5 nitrogen and oxygen atoms in total. The fourth-order valence-electron chi connectivity index (χ4n) is 2.47. The summed E-state index contributed by atoms with van der Waals surface area (Å²) in [6.45, 7) is 0. The normalized spacial score (nSPS) is 13.7. The van der Waals surface area contributed by atoms with Crippen LogP contribution in [0, 0.1) is 0 Å². The van der Waals surface area contributed by atoms with Crippen molar-refractivity contribution in [3.63, 3.8) is 0 Å². The summed E-state index contributed by atoms with van der Waals surface area (Å²) in [5.74, 6) is -0.113. The Morgan fingerprint density at radius 3 is 2.52 bits per heavy atom. The van der Waals surface area contributed by atoms with Gasteiger partial charge in [0.1, 0.15) is 0 Å². The molecule has 1 amide bonds. The third-order valence-corrected chi connectivity index (χ3v) is 3.83. The maximum absolute atomic E-state index is 12.3. The van der Waals surface area contributed by atoms with E-state index in [1.165, 1.54) is 0 Å². The lowest BCUT2D eigenvalue weighted by Crippen LogP contribution is -2.25. The van der Waals surface area contributed by atoms with Crippen LogP contribution in [0.3, 0.4) is 0 Å². The minimum atomic E-state index is -0.113. The second-order valence-corrected chi connectivity index (χ2v) is 5.65. The lowest BCUT2D eigenvalue weighted by Gasteiger charge is -2.06. The highest BCUT2D eigenvalue weighted by atomic mass is 16.2. The smallest absolute Gasteiger partial charge is 0.272 e. The summed E-state index contributed by atoms with van der Waals surface area (Å²) >= 11 is 0. The summed E-state index contributed by atoms with van der Waals surface area (Å²) in [4.78, 5) is 16.4. The van der Waals surface area contributed by atoms with Gasteiger partial charge in [0.05, 0.1) is 11.4 Å². The van der Waals surface area contributed by atoms with Crippen LogP contribution in [0.4, 0.5) is 0 Å². The standard InChI is InChI=1S/C18H16N4O/c23-18(20-14-6-7-14)16-12-17(13-8-10-19-11-9-13)22(21-16)15-4-2-1-3-5-15/h1-5,8-12,14H,6-7H2,(H,20,23). The van der Waals surface area contributed by atoms with Gasteiger partial charge in [0, 0.05) is 24.0 Å². The molecule has 1 saturated carbocycles. The van der Waals surface area contributed by atoms with Crippen LogP contribution in [0.1, 0.15) is 23.3 Å². The predicted molar refractivity (Wildman–Crippen MR) is 87.3 cm³/mol. The molecule has 0 aliphatic heterocycles. The molecule has 1 aromatic carbocycles. The summed E-state index contributed by atoms with van der Waals surface area (Å²) < 4.78 is 1.80. The maximum atomic E-state index is 12.3. The molecule has 1 fully saturated rings. The molecule has 1 N–H and O–H groups in total. The zero-order valence-electron chi connectivity index (χ0n) is 12.5. The van der Waals surface area contributed by atoms with Crippen LogP contribution >= 0.6 is 0 Å². The van der Waals surface area contributed by atoms with Crippen LogP contribution in [0.2, 0.25) is 0 Å². The van der Waals surface area contributed by atoms with Gasteiger partial charge in [0.2, 0.25) is 0 Å². The second-order valence-electron chi connectivity index (χ2n) is 5.65. The van der Waals surface area contributed by atoms with Crippen LogP contribution in [-0.2, 0) is 0 Å². The number of aromatic nitrogens is 3. The van der Waals surface area contributed by atoms with Gasteiger partial charge >= 0.3 is 0 Å². The summed E-state index contributed by atoms with van der Waals surface area (Å²) in [5, 5.41) is 7.51. The molecule has 0 spiro atoms. The number of benzene rings is 1. The Morgan fingerprint density at radius 2 is 1.83 bits per heavy atom. The average Bonchev–Trinajstić information content (AvgIpc) is 3.30. The molecule has 114 valence electrons. The fraction of sp³-hybridized carbons (Fsp3) is 0.167. The lowest BCUT2D eigenvalue weighted by atomic mass is 10.2. The number of pyridine rings is 1. The van der Waals surface area contributed by atoms with Crippen LogP contribution in [0.5, 0.6) is 0 Å². The highest BCUT2D eigenvalue weighted by Crippen LogP contribution is 2.24. The maximum Gasteiger partial charge on any atom is 0.272 e. The fourth-order valence-corrected chi connectivity index (χ4v) is 2.47. The van der Waals surface area contributed by atoms with E-state index >= 15 is 0 Å². The minimum Gasteiger partial charge on any atom is -0.348 e. The third-order valence-electron chi connectivity index (χ3n) is 3.83. The molecule has 1 aliphatic carbocycles. The van der Waals surface area contributed by atoms with Gasteiger partial charge in [-0.3, -0.25) is 9.78 Å². The first-order chi connectivity index (χ1) is 11.3. The first-order valence-electron chi connectivity index (χ1n) is 7.68. The Morgan fingerprint density at radius 1 is 1.09 bits per heavy atom. The van der Waals surface area contributed by atoms with E-state index in [-0.39, 0.29) is 5.91 Å². The van der Waals surface area contributed by atoms with E-state index in [1.54, 1.807) is 17.1 Å². The summed E-state index contributed by atoms with van der Waals surface area (Å²) in [6.07, 6.45) is 5.59. The monoisotopic (exact) mass is 304 g/mol. The number of carbonyl (C=O) groups is 1. The van der Waals surface area contributed by atoms with Gasteiger partial charge < -0.3 is 5.32 Å². The lowest BCUT2D eigenvalue weighted by molar-refractivity contribution is 0.0945. The highest BCUT2D eigenvalue weighted by Gasteiger charge is 2.25. The van der Waals surface area contributed by atoms with E-state index < -0.39 is 0 Å². The van der Waals surface area contributed by atoms with Crippen molar-refractivity contribution in [3.05, 3.63) is 66.6 Å². The topological polar surface area (TPSA) is 59.8 Å². The molecule has 4 rings (SSSR count). The average molecular weight is 304 g/mol. The Hall–Kier alpha value is -2.95. The molecule has 5 heteroatoms. The number of amides is 1. The van der Waals surface area contributed by atoms with Gasteiger partial charge in [-0.25, -0.2) is 4.68 Å². The van der Waals surface area contributed by atoms with Crippen molar-refractivity contribution in [1.29, 1.82) is 0 Å².